The number of benzene rings is 1. The number of hydrogen-bond donors (Lipinski definition) is 1. The number of piperidine rings is 1. The molecule has 1 aliphatic heterocycles. The van der Waals surface area contributed by atoms with Gasteiger partial charge >= 0.3 is 5.69 Å². The second kappa shape index (κ2) is 6.51. The molecule has 1 aromatic rings. The lowest BCUT2D eigenvalue weighted by Crippen LogP contribution is -2.44. The third kappa shape index (κ3) is 3.68. The van der Waals surface area contributed by atoms with Crippen LogP contribution in [0.4, 0.5) is 15.8 Å². The minimum absolute atomic E-state index is 0.0471. The number of nitrogens with one attached hydrogen (secondary N) is 1. The van der Waals surface area contributed by atoms with Gasteiger partial charge in [0.15, 0.2) is 0 Å². The Balaban J connectivity index is 1.98. The molecule has 1 unspecified atom stereocenters. The van der Waals surface area contributed by atoms with E-state index in [4.69, 9.17) is 0 Å². The van der Waals surface area contributed by atoms with Crippen LogP contribution in [0.25, 0.3) is 0 Å². The van der Waals surface area contributed by atoms with Gasteiger partial charge in [0.25, 0.3) is 0 Å². The fourth-order valence-electron chi connectivity index (χ4n) is 2.51. The van der Waals surface area contributed by atoms with Gasteiger partial charge in [-0.25, -0.2) is 0 Å². The summed E-state index contributed by atoms with van der Waals surface area (Å²) < 4.78 is 13.2. The summed E-state index contributed by atoms with van der Waals surface area (Å²) in [6, 6.07) is 3.72. The molecular formula is C14H18FN3O3. The maximum absolute atomic E-state index is 13.2. The topological polar surface area (TPSA) is 75.5 Å². The van der Waals surface area contributed by atoms with Gasteiger partial charge in [-0.1, -0.05) is 0 Å². The van der Waals surface area contributed by atoms with Crippen molar-refractivity contribution < 1.29 is 14.1 Å². The SMILES string of the molecule is CC1CCCCN1C(=O)CNc1ccc(F)c([N+](=O)[O-])c1. The zero-order chi connectivity index (χ0) is 15.4. The number of likely N-dealkylation sites (tertiary alicyclic amines) is 1. The first-order valence-electron chi connectivity index (χ1n) is 6.96. The van der Waals surface area contributed by atoms with Gasteiger partial charge in [0.1, 0.15) is 0 Å². The molecule has 21 heavy (non-hydrogen) atoms. The number of carbonyl (C=O) groups is 1. The van der Waals surface area contributed by atoms with Gasteiger partial charge < -0.3 is 10.2 Å². The smallest absolute Gasteiger partial charge is 0.306 e. The summed E-state index contributed by atoms with van der Waals surface area (Å²) in [5.41, 5.74) is -0.236. The second-order valence-corrected chi connectivity index (χ2v) is 5.21. The van der Waals surface area contributed by atoms with Crippen molar-refractivity contribution >= 4 is 17.3 Å². The highest BCUT2D eigenvalue weighted by atomic mass is 19.1. The molecule has 0 radical (unpaired) electrons. The van der Waals surface area contributed by atoms with E-state index in [9.17, 15) is 19.3 Å². The van der Waals surface area contributed by atoms with E-state index in [-0.39, 0.29) is 18.5 Å². The largest absolute Gasteiger partial charge is 0.376 e. The number of nitro benzene ring substituents is 1. The molecule has 0 saturated carbocycles. The molecule has 1 saturated heterocycles. The summed E-state index contributed by atoms with van der Waals surface area (Å²) in [5.74, 6) is -0.935. The maximum atomic E-state index is 13.2. The Kier molecular flexibility index (Phi) is 4.72. The van der Waals surface area contributed by atoms with Gasteiger partial charge in [-0.3, -0.25) is 14.9 Å². The number of nitrogens with zero attached hydrogens (tertiary/aromatic N) is 2. The molecule has 1 atom stereocenters. The lowest BCUT2D eigenvalue weighted by Gasteiger charge is -2.33. The summed E-state index contributed by atoms with van der Waals surface area (Å²) in [6.07, 6.45) is 3.12. The Morgan fingerprint density at radius 1 is 1.52 bits per heavy atom. The van der Waals surface area contributed by atoms with Crippen molar-refractivity contribution in [2.45, 2.75) is 32.2 Å². The number of amides is 1. The Morgan fingerprint density at radius 3 is 2.95 bits per heavy atom. The summed E-state index contributed by atoms with van der Waals surface area (Å²) >= 11 is 0. The average molecular weight is 295 g/mol. The van der Waals surface area contributed by atoms with Crippen LogP contribution in [0.3, 0.4) is 0 Å². The average Bonchev–Trinajstić information content (AvgIpc) is 2.46. The van der Waals surface area contributed by atoms with E-state index >= 15 is 0 Å². The molecule has 1 aliphatic rings. The van der Waals surface area contributed by atoms with E-state index in [1.165, 1.54) is 6.07 Å². The van der Waals surface area contributed by atoms with Gasteiger partial charge in [-0.2, -0.15) is 4.39 Å². The molecule has 1 aromatic carbocycles. The Hall–Kier alpha value is -2.18. The van der Waals surface area contributed by atoms with Crippen LogP contribution in [-0.4, -0.2) is 34.9 Å². The standard InChI is InChI=1S/C14H18FN3O3/c1-10-4-2-3-7-17(10)14(19)9-16-11-5-6-12(15)13(8-11)18(20)21/h5-6,8,10,16H,2-4,7,9H2,1H3. The molecule has 0 aromatic heterocycles. The molecule has 7 heteroatoms. The molecule has 0 spiro atoms. The highest BCUT2D eigenvalue weighted by Gasteiger charge is 2.23. The zero-order valence-corrected chi connectivity index (χ0v) is 11.8. The van der Waals surface area contributed by atoms with Crippen LogP contribution in [0.5, 0.6) is 0 Å². The second-order valence-electron chi connectivity index (χ2n) is 5.21. The van der Waals surface area contributed by atoms with Crippen molar-refractivity contribution in [1.82, 2.24) is 4.90 Å². The number of anilines is 1. The van der Waals surface area contributed by atoms with Crippen LogP contribution >= 0.6 is 0 Å². The zero-order valence-electron chi connectivity index (χ0n) is 11.8. The number of rotatable bonds is 4. The molecular weight excluding hydrogens is 277 g/mol. The highest BCUT2D eigenvalue weighted by molar-refractivity contribution is 5.81. The van der Waals surface area contributed by atoms with Crippen LogP contribution in [0.1, 0.15) is 26.2 Å². The van der Waals surface area contributed by atoms with Crippen LogP contribution in [-0.2, 0) is 4.79 Å². The first-order chi connectivity index (χ1) is 9.99. The normalized spacial score (nSPS) is 18.4. The van der Waals surface area contributed by atoms with Gasteiger partial charge in [0.05, 0.1) is 11.5 Å². The quantitative estimate of drug-likeness (QED) is 0.684. The summed E-state index contributed by atoms with van der Waals surface area (Å²) in [5, 5.41) is 13.5. The minimum Gasteiger partial charge on any atom is -0.376 e. The van der Waals surface area contributed by atoms with E-state index in [0.717, 1.165) is 37.9 Å². The highest BCUT2D eigenvalue weighted by Crippen LogP contribution is 2.22. The molecule has 0 aliphatic carbocycles. The van der Waals surface area contributed by atoms with Gasteiger partial charge in [-0.15, -0.1) is 0 Å². The monoisotopic (exact) mass is 295 g/mol. The number of hydrogen-bond acceptors (Lipinski definition) is 4. The Bertz CT molecular complexity index is 550. The first kappa shape index (κ1) is 15.2. The summed E-state index contributed by atoms with van der Waals surface area (Å²) in [7, 11) is 0. The lowest BCUT2D eigenvalue weighted by atomic mass is 10.0. The van der Waals surface area contributed by atoms with Crippen molar-refractivity contribution in [2.75, 3.05) is 18.4 Å². The summed E-state index contributed by atoms with van der Waals surface area (Å²) in [4.78, 5) is 23.8. The lowest BCUT2D eigenvalue weighted by molar-refractivity contribution is -0.387. The molecule has 1 heterocycles. The predicted molar refractivity (Wildman–Crippen MR) is 76.6 cm³/mol. The van der Waals surface area contributed by atoms with Gasteiger partial charge in [-0.05, 0) is 38.3 Å². The van der Waals surface area contributed by atoms with Crippen molar-refractivity contribution in [2.24, 2.45) is 0 Å². The van der Waals surface area contributed by atoms with Crippen LogP contribution in [0, 0.1) is 15.9 Å². The van der Waals surface area contributed by atoms with Gasteiger partial charge in [0, 0.05) is 24.3 Å². The molecule has 1 N–H and O–H groups in total. The number of halogens is 1. The van der Waals surface area contributed by atoms with E-state index in [0.29, 0.717) is 5.69 Å². The van der Waals surface area contributed by atoms with E-state index in [2.05, 4.69) is 5.32 Å². The third-order valence-electron chi connectivity index (χ3n) is 3.71. The molecule has 2 rings (SSSR count). The van der Waals surface area contributed by atoms with Crippen molar-refractivity contribution in [3.63, 3.8) is 0 Å². The Morgan fingerprint density at radius 2 is 2.29 bits per heavy atom. The third-order valence-corrected chi connectivity index (χ3v) is 3.71. The predicted octanol–water partition coefficient (Wildman–Crippen LogP) is 2.55. The fraction of sp³-hybridized carbons (Fsp3) is 0.500. The Labute approximate surface area is 122 Å². The van der Waals surface area contributed by atoms with Crippen molar-refractivity contribution in [3.05, 3.63) is 34.1 Å². The van der Waals surface area contributed by atoms with Crippen molar-refractivity contribution in [1.29, 1.82) is 0 Å². The van der Waals surface area contributed by atoms with E-state index in [1.807, 2.05) is 11.8 Å². The van der Waals surface area contributed by atoms with Crippen LogP contribution in [0.2, 0.25) is 0 Å². The fourth-order valence-corrected chi connectivity index (χ4v) is 2.51. The minimum atomic E-state index is -0.887. The first-order valence-corrected chi connectivity index (χ1v) is 6.96. The number of carbonyl (C=O) groups excluding carboxylic acids is 1. The molecule has 0 bridgehead atoms. The maximum Gasteiger partial charge on any atom is 0.306 e. The molecule has 1 fully saturated rings. The van der Waals surface area contributed by atoms with Crippen LogP contribution < -0.4 is 5.32 Å². The summed E-state index contributed by atoms with van der Waals surface area (Å²) in [6.45, 7) is 2.80. The molecule has 6 nitrogen and oxygen atoms in total. The van der Waals surface area contributed by atoms with E-state index < -0.39 is 16.4 Å². The van der Waals surface area contributed by atoms with E-state index in [1.54, 1.807) is 0 Å². The van der Waals surface area contributed by atoms with Crippen molar-refractivity contribution in [3.8, 4) is 0 Å². The molecule has 1 amide bonds. The number of nitro groups is 1. The van der Waals surface area contributed by atoms with Crippen LogP contribution in [0.15, 0.2) is 18.2 Å². The van der Waals surface area contributed by atoms with Gasteiger partial charge in [0.2, 0.25) is 11.7 Å². The molecule has 114 valence electrons.